The normalized spacial score (nSPS) is 16.0. The highest BCUT2D eigenvalue weighted by molar-refractivity contribution is 6.04. The molecule has 2 aromatic heterocycles. The second kappa shape index (κ2) is 11.2. The molecule has 0 bridgehead atoms. The van der Waals surface area contributed by atoms with Crippen LogP contribution in [-0.4, -0.2) is 59.1 Å². The molecule has 3 heterocycles. The number of ether oxygens (including phenoxy) is 3. The van der Waals surface area contributed by atoms with Gasteiger partial charge in [-0.25, -0.2) is 14.5 Å². The zero-order chi connectivity index (χ0) is 26.6. The van der Waals surface area contributed by atoms with Gasteiger partial charge in [0.05, 0.1) is 44.0 Å². The van der Waals surface area contributed by atoms with E-state index in [9.17, 15) is 9.59 Å². The van der Waals surface area contributed by atoms with Gasteiger partial charge in [0.25, 0.3) is 0 Å². The highest BCUT2D eigenvalue weighted by Crippen LogP contribution is 2.34. The minimum Gasteiger partial charge on any atom is -0.497 e. The standard InChI is InChI=1S/C28H36N4O5/c1-6-36-27(34)23-15-29-26-22(16-30-32(26)18-19-9-11-21(35-5)12-10-19)25(23)31-13-7-8-20(17-31)14-24(33)37-28(2,3)4/h9-12,15-16,20H,6-8,13-14,17-18H2,1-5H3/t20-/m1/s1. The summed E-state index contributed by atoms with van der Waals surface area (Å²) in [5.74, 6) is 0.303. The summed E-state index contributed by atoms with van der Waals surface area (Å²) in [5, 5.41) is 5.40. The molecule has 3 aromatic rings. The summed E-state index contributed by atoms with van der Waals surface area (Å²) >= 11 is 0. The average molecular weight is 509 g/mol. The number of aromatic nitrogens is 3. The summed E-state index contributed by atoms with van der Waals surface area (Å²) in [6, 6.07) is 7.81. The maximum atomic E-state index is 12.9. The number of methoxy groups -OCH3 is 1. The molecule has 1 atom stereocenters. The topological polar surface area (TPSA) is 95.8 Å². The first-order valence-corrected chi connectivity index (χ1v) is 12.8. The molecule has 37 heavy (non-hydrogen) atoms. The Kier molecular flexibility index (Phi) is 8.00. The van der Waals surface area contributed by atoms with E-state index in [-0.39, 0.29) is 18.5 Å². The van der Waals surface area contributed by atoms with E-state index in [1.807, 2.05) is 49.7 Å². The minimum atomic E-state index is -0.516. The fraction of sp³-hybridized carbons (Fsp3) is 0.500. The lowest BCUT2D eigenvalue weighted by molar-refractivity contribution is -0.156. The highest BCUT2D eigenvalue weighted by atomic mass is 16.6. The fourth-order valence-corrected chi connectivity index (χ4v) is 4.79. The van der Waals surface area contributed by atoms with E-state index in [2.05, 4.69) is 15.0 Å². The monoisotopic (exact) mass is 508 g/mol. The van der Waals surface area contributed by atoms with Crippen molar-refractivity contribution in [2.45, 2.75) is 59.1 Å². The smallest absolute Gasteiger partial charge is 0.341 e. The van der Waals surface area contributed by atoms with E-state index in [0.717, 1.165) is 41.8 Å². The number of piperidine rings is 1. The Morgan fingerprint density at radius 3 is 2.57 bits per heavy atom. The van der Waals surface area contributed by atoms with Gasteiger partial charge in [-0.1, -0.05) is 12.1 Å². The van der Waals surface area contributed by atoms with Crippen LogP contribution in [0.25, 0.3) is 11.0 Å². The third kappa shape index (κ3) is 6.39. The lowest BCUT2D eigenvalue weighted by Crippen LogP contribution is -2.38. The maximum absolute atomic E-state index is 12.9. The second-order valence-corrected chi connectivity index (χ2v) is 10.4. The van der Waals surface area contributed by atoms with E-state index in [4.69, 9.17) is 14.2 Å². The van der Waals surface area contributed by atoms with Gasteiger partial charge in [-0.05, 0) is 64.2 Å². The first-order valence-electron chi connectivity index (χ1n) is 12.8. The Morgan fingerprint density at radius 2 is 1.89 bits per heavy atom. The van der Waals surface area contributed by atoms with Gasteiger partial charge in [0.2, 0.25) is 0 Å². The predicted octanol–water partition coefficient (Wildman–Crippen LogP) is 4.61. The van der Waals surface area contributed by atoms with E-state index >= 15 is 0 Å². The SMILES string of the molecule is CCOC(=O)c1cnc2c(cnn2Cc2ccc(OC)cc2)c1N1CCC[C@H](CC(=O)OC(C)(C)C)C1. The number of pyridine rings is 1. The second-order valence-electron chi connectivity index (χ2n) is 10.4. The molecule has 0 amide bonds. The summed E-state index contributed by atoms with van der Waals surface area (Å²) < 4.78 is 18.0. The lowest BCUT2D eigenvalue weighted by atomic mass is 9.93. The summed E-state index contributed by atoms with van der Waals surface area (Å²) in [6.07, 6.45) is 5.52. The molecule has 0 spiro atoms. The van der Waals surface area contributed by atoms with Crippen LogP contribution >= 0.6 is 0 Å². The van der Waals surface area contributed by atoms with Gasteiger partial charge >= 0.3 is 11.9 Å². The van der Waals surface area contributed by atoms with Crippen LogP contribution in [-0.2, 0) is 20.8 Å². The largest absolute Gasteiger partial charge is 0.497 e. The number of hydrogen-bond donors (Lipinski definition) is 0. The number of esters is 2. The molecule has 1 aliphatic rings. The Morgan fingerprint density at radius 1 is 1.14 bits per heavy atom. The molecule has 1 aliphatic heterocycles. The Balaban J connectivity index is 1.65. The van der Waals surface area contributed by atoms with Crippen LogP contribution in [0.3, 0.4) is 0 Å². The number of rotatable bonds is 8. The molecule has 0 saturated carbocycles. The van der Waals surface area contributed by atoms with Crippen LogP contribution in [0.2, 0.25) is 0 Å². The van der Waals surface area contributed by atoms with Crippen molar-refractivity contribution in [2.24, 2.45) is 5.92 Å². The van der Waals surface area contributed by atoms with Crippen LogP contribution in [0, 0.1) is 5.92 Å². The van der Waals surface area contributed by atoms with Crippen molar-refractivity contribution in [1.82, 2.24) is 14.8 Å². The number of hydrogen-bond acceptors (Lipinski definition) is 8. The third-order valence-corrected chi connectivity index (χ3v) is 6.34. The molecular weight excluding hydrogens is 472 g/mol. The van der Waals surface area contributed by atoms with E-state index in [1.165, 1.54) is 0 Å². The molecule has 1 aromatic carbocycles. The number of carbonyl (C=O) groups excluding carboxylic acids is 2. The summed E-state index contributed by atoms with van der Waals surface area (Å²) in [5.41, 5.74) is 2.40. The quantitative estimate of drug-likeness (QED) is 0.407. The molecule has 1 fully saturated rings. The van der Waals surface area contributed by atoms with Crippen molar-refractivity contribution in [3.05, 3.63) is 47.8 Å². The number of anilines is 1. The van der Waals surface area contributed by atoms with Crippen molar-refractivity contribution in [2.75, 3.05) is 31.7 Å². The predicted molar refractivity (Wildman–Crippen MR) is 141 cm³/mol. The first kappa shape index (κ1) is 26.4. The summed E-state index contributed by atoms with van der Waals surface area (Å²) in [4.78, 5) is 32.2. The van der Waals surface area contributed by atoms with Crippen molar-refractivity contribution in [3.63, 3.8) is 0 Å². The van der Waals surface area contributed by atoms with Gasteiger partial charge in [-0.3, -0.25) is 4.79 Å². The minimum absolute atomic E-state index is 0.121. The summed E-state index contributed by atoms with van der Waals surface area (Å²) in [7, 11) is 1.64. The van der Waals surface area contributed by atoms with E-state index in [0.29, 0.717) is 30.7 Å². The first-order chi connectivity index (χ1) is 17.7. The van der Waals surface area contributed by atoms with Gasteiger partial charge in [0.15, 0.2) is 5.65 Å². The van der Waals surface area contributed by atoms with Crippen LogP contribution in [0.15, 0.2) is 36.7 Å². The Labute approximate surface area is 217 Å². The summed E-state index contributed by atoms with van der Waals surface area (Å²) in [6.45, 7) is 9.61. The number of nitrogens with zero attached hydrogens (tertiary/aromatic N) is 4. The van der Waals surface area contributed by atoms with Crippen molar-refractivity contribution in [1.29, 1.82) is 0 Å². The third-order valence-electron chi connectivity index (χ3n) is 6.34. The van der Waals surface area contributed by atoms with Crippen molar-refractivity contribution in [3.8, 4) is 5.75 Å². The van der Waals surface area contributed by atoms with Gasteiger partial charge in [-0.2, -0.15) is 5.10 Å². The van der Waals surface area contributed by atoms with Gasteiger partial charge in [0, 0.05) is 19.3 Å². The van der Waals surface area contributed by atoms with Gasteiger partial charge in [-0.15, -0.1) is 0 Å². The Bertz CT molecular complexity index is 1250. The molecule has 0 N–H and O–H groups in total. The van der Waals surface area contributed by atoms with Gasteiger partial charge in [0.1, 0.15) is 16.9 Å². The lowest BCUT2D eigenvalue weighted by Gasteiger charge is -2.35. The molecule has 4 rings (SSSR count). The molecule has 0 radical (unpaired) electrons. The van der Waals surface area contributed by atoms with Crippen LogP contribution in [0.5, 0.6) is 5.75 Å². The molecular formula is C28H36N4O5. The zero-order valence-corrected chi connectivity index (χ0v) is 22.3. The molecule has 0 aliphatic carbocycles. The Hall–Kier alpha value is -3.62. The van der Waals surface area contributed by atoms with Crippen LogP contribution in [0.4, 0.5) is 5.69 Å². The molecule has 9 nitrogen and oxygen atoms in total. The molecule has 9 heteroatoms. The van der Waals surface area contributed by atoms with Crippen LogP contribution in [0.1, 0.15) is 62.9 Å². The number of carbonyl (C=O) groups is 2. The number of fused-ring (bicyclic) bond motifs is 1. The fourth-order valence-electron chi connectivity index (χ4n) is 4.79. The highest BCUT2D eigenvalue weighted by Gasteiger charge is 2.30. The van der Waals surface area contributed by atoms with E-state index in [1.54, 1.807) is 26.4 Å². The van der Waals surface area contributed by atoms with Crippen LogP contribution < -0.4 is 9.64 Å². The average Bonchev–Trinajstić information content (AvgIpc) is 3.25. The number of benzene rings is 1. The zero-order valence-electron chi connectivity index (χ0n) is 22.3. The molecule has 1 saturated heterocycles. The maximum Gasteiger partial charge on any atom is 0.341 e. The van der Waals surface area contributed by atoms with Crippen molar-refractivity contribution >= 4 is 28.7 Å². The van der Waals surface area contributed by atoms with Gasteiger partial charge < -0.3 is 19.1 Å². The molecule has 0 unspecified atom stereocenters. The van der Waals surface area contributed by atoms with Crippen molar-refractivity contribution < 1.29 is 23.8 Å². The van der Waals surface area contributed by atoms with E-state index < -0.39 is 11.6 Å². The molecule has 198 valence electrons.